The number of halogens is 2. The average molecular weight is 309 g/mol. The van der Waals surface area contributed by atoms with Crippen LogP contribution in [0, 0.1) is 5.82 Å². The van der Waals surface area contributed by atoms with Gasteiger partial charge in [-0.3, -0.25) is 0 Å². The maximum Gasteiger partial charge on any atom is 0.146 e. The number of thiocarbonyl (C=S) groups is 1. The first kappa shape index (κ1) is 14.8. The molecule has 0 aromatic heterocycles. The monoisotopic (exact) mass is 308 g/mol. The van der Waals surface area contributed by atoms with Crippen molar-refractivity contribution in [2.45, 2.75) is 6.92 Å². The van der Waals surface area contributed by atoms with Gasteiger partial charge in [0.15, 0.2) is 0 Å². The summed E-state index contributed by atoms with van der Waals surface area (Å²) in [7, 11) is 0. The van der Waals surface area contributed by atoms with Crippen molar-refractivity contribution in [2.75, 3.05) is 11.4 Å². The quantitative estimate of drug-likeness (QED) is 0.855. The molecule has 2 nitrogen and oxygen atoms in total. The van der Waals surface area contributed by atoms with Crippen molar-refractivity contribution >= 4 is 40.2 Å². The molecule has 0 saturated carbocycles. The third-order valence-corrected chi connectivity index (χ3v) is 3.52. The van der Waals surface area contributed by atoms with Crippen LogP contribution < -0.4 is 10.6 Å². The van der Waals surface area contributed by atoms with Gasteiger partial charge in [0.05, 0.1) is 10.7 Å². The van der Waals surface area contributed by atoms with Crippen LogP contribution in [0.2, 0.25) is 5.02 Å². The highest BCUT2D eigenvalue weighted by Crippen LogP contribution is 2.30. The van der Waals surface area contributed by atoms with Crippen molar-refractivity contribution in [1.82, 2.24) is 0 Å². The van der Waals surface area contributed by atoms with Crippen molar-refractivity contribution in [2.24, 2.45) is 5.73 Å². The molecule has 0 fully saturated rings. The minimum atomic E-state index is -0.274. The molecule has 0 saturated heterocycles. The molecule has 0 heterocycles. The Labute approximate surface area is 128 Å². The summed E-state index contributed by atoms with van der Waals surface area (Å²) < 4.78 is 13.9. The SMILES string of the molecule is CCN(c1ccc(C(N)=S)c(Cl)c1)c1ccccc1F. The Kier molecular flexibility index (Phi) is 4.57. The van der Waals surface area contributed by atoms with Gasteiger partial charge < -0.3 is 10.6 Å². The summed E-state index contributed by atoms with van der Waals surface area (Å²) in [6, 6.07) is 11.9. The Morgan fingerprint density at radius 1 is 1.30 bits per heavy atom. The molecule has 5 heteroatoms. The maximum atomic E-state index is 13.9. The molecule has 0 atom stereocenters. The number of hydrogen-bond donors (Lipinski definition) is 1. The van der Waals surface area contributed by atoms with Gasteiger partial charge in [-0.1, -0.05) is 36.0 Å². The molecule has 0 aliphatic heterocycles. The fourth-order valence-electron chi connectivity index (χ4n) is 2.03. The molecule has 0 radical (unpaired) electrons. The molecule has 0 bridgehead atoms. The average Bonchev–Trinajstić information content (AvgIpc) is 2.41. The van der Waals surface area contributed by atoms with Crippen molar-refractivity contribution in [3.63, 3.8) is 0 Å². The Balaban J connectivity index is 2.46. The van der Waals surface area contributed by atoms with E-state index in [9.17, 15) is 4.39 Å². The summed E-state index contributed by atoms with van der Waals surface area (Å²) in [6.45, 7) is 2.56. The fourth-order valence-corrected chi connectivity index (χ4v) is 2.54. The van der Waals surface area contributed by atoms with E-state index in [-0.39, 0.29) is 10.8 Å². The van der Waals surface area contributed by atoms with Crippen molar-refractivity contribution < 1.29 is 4.39 Å². The molecule has 2 N–H and O–H groups in total. The Morgan fingerprint density at radius 2 is 2.00 bits per heavy atom. The van der Waals surface area contributed by atoms with E-state index in [0.29, 0.717) is 22.8 Å². The maximum absolute atomic E-state index is 13.9. The Bertz CT molecular complexity index is 646. The second-order valence-electron chi connectivity index (χ2n) is 4.22. The molecule has 0 spiro atoms. The zero-order valence-corrected chi connectivity index (χ0v) is 12.5. The molecule has 0 amide bonds. The zero-order chi connectivity index (χ0) is 14.7. The van der Waals surface area contributed by atoms with Crippen LogP contribution in [0.4, 0.5) is 15.8 Å². The van der Waals surface area contributed by atoms with Gasteiger partial charge in [-0.05, 0) is 37.3 Å². The van der Waals surface area contributed by atoms with E-state index in [1.165, 1.54) is 6.07 Å². The predicted molar refractivity (Wildman–Crippen MR) is 86.4 cm³/mol. The highest BCUT2D eigenvalue weighted by molar-refractivity contribution is 7.80. The van der Waals surface area contributed by atoms with Crippen LogP contribution >= 0.6 is 23.8 Å². The molecule has 2 aromatic carbocycles. The van der Waals surface area contributed by atoms with Crippen LogP contribution in [0.3, 0.4) is 0 Å². The lowest BCUT2D eigenvalue weighted by Crippen LogP contribution is -2.18. The van der Waals surface area contributed by atoms with Crippen molar-refractivity contribution in [1.29, 1.82) is 0 Å². The van der Waals surface area contributed by atoms with Crippen LogP contribution in [0.1, 0.15) is 12.5 Å². The second-order valence-corrected chi connectivity index (χ2v) is 5.07. The first-order valence-electron chi connectivity index (χ1n) is 6.16. The van der Waals surface area contributed by atoms with E-state index in [2.05, 4.69) is 0 Å². The van der Waals surface area contributed by atoms with E-state index in [1.807, 2.05) is 17.9 Å². The topological polar surface area (TPSA) is 29.3 Å². The van der Waals surface area contributed by atoms with Gasteiger partial charge in [0.1, 0.15) is 10.8 Å². The Hall–Kier alpha value is -1.65. The minimum absolute atomic E-state index is 0.246. The largest absolute Gasteiger partial charge is 0.389 e. The van der Waals surface area contributed by atoms with E-state index < -0.39 is 0 Å². The highest BCUT2D eigenvalue weighted by Gasteiger charge is 2.13. The summed E-state index contributed by atoms with van der Waals surface area (Å²) in [6.07, 6.45) is 0. The molecule has 0 aliphatic rings. The Morgan fingerprint density at radius 3 is 2.55 bits per heavy atom. The van der Waals surface area contributed by atoms with Gasteiger partial charge >= 0.3 is 0 Å². The van der Waals surface area contributed by atoms with Crippen LogP contribution in [-0.4, -0.2) is 11.5 Å². The molecule has 0 aliphatic carbocycles. The molecule has 0 unspecified atom stereocenters. The number of nitrogens with two attached hydrogens (primary N) is 1. The summed E-state index contributed by atoms with van der Waals surface area (Å²) in [5, 5.41) is 0.463. The molecule has 2 aromatic rings. The molecule has 2 rings (SSSR count). The number of para-hydroxylation sites is 1. The standard InChI is InChI=1S/C15H14ClFN2S/c1-2-19(14-6-4-3-5-13(14)17)10-7-8-11(15(18)20)12(16)9-10/h3-9H,2H2,1H3,(H2,18,20). The lowest BCUT2D eigenvalue weighted by atomic mass is 10.1. The number of anilines is 2. The van der Waals surface area contributed by atoms with Crippen molar-refractivity contribution in [3.8, 4) is 0 Å². The number of rotatable bonds is 4. The first-order chi connectivity index (χ1) is 9.54. The van der Waals surface area contributed by atoms with E-state index in [4.69, 9.17) is 29.6 Å². The van der Waals surface area contributed by atoms with Crippen LogP contribution in [0.15, 0.2) is 42.5 Å². The molecule has 20 heavy (non-hydrogen) atoms. The van der Waals surface area contributed by atoms with E-state index in [1.54, 1.807) is 30.3 Å². The zero-order valence-electron chi connectivity index (χ0n) is 10.9. The lowest BCUT2D eigenvalue weighted by Gasteiger charge is -2.24. The summed E-state index contributed by atoms with van der Waals surface area (Å²) >= 11 is 11.1. The van der Waals surface area contributed by atoms with Gasteiger partial charge in [0, 0.05) is 17.8 Å². The number of hydrogen-bond acceptors (Lipinski definition) is 2. The van der Waals surface area contributed by atoms with E-state index in [0.717, 1.165) is 5.69 Å². The van der Waals surface area contributed by atoms with Gasteiger partial charge in [-0.15, -0.1) is 0 Å². The fraction of sp³-hybridized carbons (Fsp3) is 0.133. The number of nitrogens with zero attached hydrogens (tertiary/aromatic N) is 1. The first-order valence-corrected chi connectivity index (χ1v) is 6.94. The third kappa shape index (κ3) is 2.92. The third-order valence-electron chi connectivity index (χ3n) is 2.99. The summed E-state index contributed by atoms with van der Waals surface area (Å²) in [5.41, 5.74) is 7.50. The number of benzene rings is 2. The van der Waals surface area contributed by atoms with Crippen LogP contribution in [0.25, 0.3) is 0 Å². The van der Waals surface area contributed by atoms with Gasteiger partial charge in [-0.2, -0.15) is 0 Å². The van der Waals surface area contributed by atoms with Crippen molar-refractivity contribution in [3.05, 3.63) is 58.9 Å². The van der Waals surface area contributed by atoms with E-state index >= 15 is 0 Å². The predicted octanol–water partition coefficient (Wildman–Crippen LogP) is 4.27. The second kappa shape index (κ2) is 6.20. The highest BCUT2D eigenvalue weighted by atomic mass is 35.5. The summed E-state index contributed by atoms with van der Waals surface area (Å²) in [4.78, 5) is 2.08. The van der Waals surface area contributed by atoms with Crippen LogP contribution in [0.5, 0.6) is 0 Å². The normalized spacial score (nSPS) is 10.3. The van der Waals surface area contributed by atoms with Gasteiger partial charge in [0.25, 0.3) is 0 Å². The molecule has 104 valence electrons. The molecular formula is C15H14ClFN2S. The van der Waals surface area contributed by atoms with Crippen LogP contribution in [-0.2, 0) is 0 Å². The summed E-state index contributed by atoms with van der Waals surface area (Å²) in [5.74, 6) is -0.274. The smallest absolute Gasteiger partial charge is 0.146 e. The van der Waals surface area contributed by atoms with Gasteiger partial charge in [-0.25, -0.2) is 4.39 Å². The molecular weight excluding hydrogens is 295 g/mol. The lowest BCUT2D eigenvalue weighted by molar-refractivity contribution is 0.625. The van der Waals surface area contributed by atoms with Gasteiger partial charge in [0.2, 0.25) is 0 Å². The minimum Gasteiger partial charge on any atom is -0.389 e.